The number of hydrogen-bond donors (Lipinski definition) is 1. The average Bonchev–Trinajstić information content (AvgIpc) is 3.46. The van der Waals surface area contributed by atoms with Crippen LogP contribution in [0.2, 0.25) is 5.02 Å². The van der Waals surface area contributed by atoms with E-state index >= 15 is 0 Å². The summed E-state index contributed by atoms with van der Waals surface area (Å²) in [6, 6.07) is 7.54. The lowest BCUT2D eigenvalue weighted by atomic mass is 9.81. The third-order valence-electron chi connectivity index (χ3n) is 6.12. The van der Waals surface area contributed by atoms with E-state index in [1.165, 1.54) is 18.2 Å². The summed E-state index contributed by atoms with van der Waals surface area (Å²) in [5.74, 6) is -3.34. The normalized spacial score (nSPS) is 15.8. The van der Waals surface area contributed by atoms with E-state index < -0.39 is 17.9 Å². The molecular formula is C24H16ClF5N6O. The molecule has 0 atom stereocenters. The predicted octanol–water partition coefficient (Wildman–Crippen LogP) is 6.88. The van der Waals surface area contributed by atoms with Crippen molar-refractivity contribution >= 4 is 33.7 Å². The third kappa shape index (κ3) is 4.57. The van der Waals surface area contributed by atoms with Gasteiger partial charge in [-0.2, -0.15) is 18.3 Å². The van der Waals surface area contributed by atoms with Crippen molar-refractivity contribution in [2.24, 2.45) is 5.92 Å². The zero-order valence-corrected chi connectivity index (χ0v) is 19.5. The van der Waals surface area contributed by atoms with Crippen LogP contribution in [0.1, 0.15) is 18.7 Å². The van der Waals surface area contributed by atoms with E-state index in [0.29, 0.717) is 28.8 Å². The van der Waals surface area contributed by atoms with Crippen molar-refractivity contribution in [2.75, 3.05) is 0 Å². The highest BCUT2D eigenvalue weighted by molar-refractivity contribution is 6.36. The highest BCUT2D eigenvalue weighted by atomic mass is 35.5. The Kier molecular flexibility index (Phi) is 5.34. The predicted molar refractivity (Wildman–Crippen MR) is 125 cm³/mol. The maximum absolute atomic E-state index is 13.1. The second kappa shape index (κ2) is 8.37. The van der Waals surface area contributed by atoms with Gasteiger partial charge in [0.05, 0.1) is 34.6 Å². The number of imidazole rings is 1. The van der Waals surface area contributed by atoms with E-state index in [9.17, 15) is 22.0 Å². The van der Waals surface area contributed by atoms with E-state index in [1.54, 1.807) is 35.4 Å². The van der Waals surface area contributed by atoms with Crippen LogP contribution in [0.4, 0.5) is 22.0 Å². The number of halogens is 6. The molecule has 7 nitrogen and oxygen atoms in total. The Hall–Kier alpha value is -3.80. The molecule has 0 amide bonds. The summed E-state index contributed by atoms with van der Waals surface area (Å²) in [4.78, 5) is 14.8. The molecule has 1 aliphatic carbocycles. The molecule has 3 aromatic heterocycles. The number of aromatic nitrogens is 6. The first-order chi connectivity index (χ1) is 17.5. The summed E-state index contributed by atoms with van der Waals surface area (Å²) in [6.45, 7) is 0.389. The Morgan fingerprint density at radius 1 is 1.08 bits per heavy atom. The van der Waals surface area contributed by atoms with Gasteiger partial charge in [0.15, 0.2) is 0 Å². The summed E-state index contributed by atoms with van der Waals surface area (Å²) < 4.78 is 72.5. The fraction of sp³-hybridized carbons (Fsp3) is 0.250. The summed E-state index contributed by atoms with van der Waals surface area (Å²) in [5, 5.41) is 4.41. The standard InChI is InChI=1S/C24H16ClF5N6O/c25-20-19(37-14-1-2-15-17(5-14)35-22(34-15)24(28,29)30)4-3-16-21(20)33-18(9-31-16)13-8-32-36(11-13)10-12-6-23(26,27)7-12/h1-5,8-9,11-12H,6-7,10H2,(H,34,35). The van der Waals surface area contributed by atoms with Crippen molar-refractivity contribution in [3.8, 4) is 22.8 Å². The molecule has 5 aromatic rings. The van der Waals surface area contributed by atoms with Gasteiger partial charge in [-0.3, -0.25) is 9.67 Å². The van der Waals surface area contributed by atoms with Gasteiger partial charge in [-0.1, -0.05) is 11.6 Å². The van der Waals surface area contributed by atoms with Crippen molar-refractivity contribution in [1.82, 2.24) is 29.7 Å². The summed E-state index contributed by atoms with van der Waals surface area (Å²) in [7, 11) is 0. The topological polar surface area (TPSA) is 81.5 Å². The molecular weight excluding hydrogens is 519 g/mol. The van der Waals surface area contributed by atoms with Crippen LogP contribution in [-0.2, 0) is 12.7 Å². The smallest absolute Gasteiger partial charge is 0.449 e. The van der Waals surface area contributed by atoms with E-state index in [-0.39, 0.29) is 46.3 Å². The molecule has 1 saturated carbocycles. The number of fused-ring (bicyclic) bond motifs is 2. The van der Waals surface area contributed by atoms with E-state index in [4.69, 9.17) is 16.3 Å². The fourth-order valence-electron chi connectivity index (χ4n) is 4.33. The Labute approximate surface area is 210 Å². The lowest BCUT2D eigenvalue weighted by Crippen LogP contribution is -2.37. The van der Waals surface area contributed by atoms with Gasteiger partial charge in [0.25, 0.3) is 0 Å². The lowest BCUT2D eigenvalue weighted by molar-refractivity contribution is -0.144. The van der Waals surface area contributed by atoms with E-state index in [0.717, 1.165) is 0 Å². The molecule has 0 unspecified atom stereocenters. The SMILES string of the molecule is FC1(F)CC(Cn2cc(-c3cnc4ccc(Oc5ccc6[nH]c(C(F)(F)F)nc6c5)c(Cl)c4n3)cn2)C1. The van der Waals surface area contributed by atoms with E-state index in [2.05, 4.69) is 25.0 Å². The molecule has 1 N–H and O–H groups in total. The van der Waals surface area contributed by atoms with Crippen molar-refractivity contribution < 1.29 is 26.7 Å². The molecule has 0 bridgehead atoms. The van der Waals surface area contributed by atoms with Crippen LogP contribution in [0.3, 0.4) is 0 Å². The summed E-state index contributed by atoms with van der Waals surface area (Å²) in [5.41, 5.74) is 2.28. The Bertz CT molecular complexity index is 1640. The van der Waals surface area contributed by atoms with Crippen molar-refractivity contribution in [3.05, 3.63) is 59.8 Å². The molecule has 3 heterocycles. The largest absolute Gasteiger partial charge is 0.456 e. The number of benzene rings is 2. The minimum Gasteiger partial charge on any atom is -0.456 e. The first-order valence-electron chi connectivity index (χ1n) is 11.1. The zero-order chi connectivity index (χ0) is 25.9. The van der Waals surface area contributed by atoms with Crippen LogP contribution in [0.25, 0.3) is 33.3 Å². The van der Waals surface area contributed by atoms with E-state index in [1.807, 2.05) is 0 Å². The minimum atomic E-state index is -4.60. The zero-order valence-electron chi connectivity index (χ0n) is 18.7. The quantitative estimate of drug-likeness (QED) is 0.249. The average molecular weight is 535 g/mol. The number of alkyl halides is 5. The molecule has 13 heteroatoms. The molecule has 0 spiro atoms. The number of aromatic amines is 1. The molecule has 2 aromatic carbocycles. The molecule has 0 saturated heterocycles. The highest BCUT2D eigenvalue weighted by Crippen LogP contribution is 2.43. The van der Waals surface area contributed by atoms with Crippen molar-refractivity contribution in [3.63, 3.8) is 0 Å². The number of nitrogens with zero attached hydrogens (tertiary/aromatic N) is 5. The molecule has 0 radical (unpaired) electrons. The van der Waals surface area contributed by atoms with Crippen LogP contribution in [0.5, 0.6) is 11.5 Å². The minimum absolute atomic E-state index is 0.0893. The molecule has 1 fully saturated rings. The molecule has 37 heavy (non-hydrogen) atoms. The Balaban J connectivity index is 1.26. The monoisotopic (exact) mass is 534 g/mol. The third-order valence-corrected chi connectivity index (χ3v) is 6.48. The lowest BCUT2D eigenvalue weighted by Gasteiger charge is -2.34. The Morgan fingerprint density at radius 2 is 1.89 bits per heavy atom. The number of rotatable bonds is 5. The van der Waals surface area contributed by atoms with Gasteiger partial charge in [-0.05, 0) is 30.2 Å². The Morgan fingerprint density at radius 3 is 2.65 bits per heavy atom. The van der Waals surface area contributed by atoms with Gasteiger partial charge in [0, 0.05) is 37.2 Å². The molecule has 1 aliphatic rings. The maximum Gasteiger partial charge on any atom is 0.449 e. The van der Waals surface area contributed by atoms with Gasteiger partial charge in [-0.15, -0.1) is 0 Å². The second-order valence-corrected chi connectivity index (χ2v) is 9.32. The molecule has 6 rings (SSSR count). The second-order valence-electron chi connectivity index (χ2n) is 8.95. The van der Waals surface area contributed by atoms with Crippen LogP contribution < -0.4 is 4.74 Å². The molecule has 190 valence electrons. The number of ether oxygens (including phenoxy) is 1. The van der Waals surface area contributed by atoms with Gasteiger partial charge >= 0.3 is 6.18 Å². The first kappa shape index (κ1) is 23.6. The summed E-state index contributed by atoms with van der Waals surface area (Å²) in [6.07, 6.45) is -0.0355. The van der Waals surface area contributed by atoms with Crippen LogP contribution in [0, 0.1) is 5.92 Å². The number of H-pyrrole nitrogens is 1. The number of hydrogen-bond acceptors (Lipinski definition) is 5. The van der Waals surface area contributed by atoms with Crippen LogP contribution in [-0.4, -0.2) is 35.6 Å². The van der Waals surface area contributed by atoms with Crippen molar-refractivity contribution in [1.29, 1.82) is 0 Å². The molecule has 0 aliphatic heterocycles. The van der Waals surface area contributed by atoms with Crippen LogP contribution in [0.15, 0.2) is 48.9 Å². The maximum atomic E-state index is 13.1. The summed E-state index contributed by atoms with van der Waals surface area (Å²) >= 11 is 6.57. The van der Waals surface area contributed by atoms with Gasteiger partial charge in [0.2, 0.25) is 11.7 Å². The van der Waals surface area contributed by atoms with Gasteiger partial charge in [0.1, 0.15) is 22.0 Å². The van der Waals surface area contributed by atoms with Gasteiger partial charge < -0.3 is 9.72 Å². The van der Waals surface area contributed by atoms with Crippen LogP contribution >= 0.6 is 11.6 Å². The van der Waals surface area contributed by atoms with Gasteiger partial charge in [-0.25, -0.2) is 18.7 Å². The number of nitrogens with one attached hydrogen (secondary N) is 1. The van der Waals surface area contributed by atoms with Crippen molar-refractivity contribution in [2.45, 2.75) is 31.5 Å². The highest BCUT2D eigenvalue weighted by Gasteiger charge is 2.45. The fourth-order valence-corrected chi connectivity index (χ4v) is 4.57. The first-order valence-corrected chi connectivity index (χ1v) is 11.5.